The van der Waals surface area contributed by atoms with Crippen molar-refractivity contribution in [2.24, 2.45) is 0 Å². The summed E-state index contributed by atoms with van der Waals surface area (Å²) in [6, 6.07) is 1.84. The largest absolute Gasteiger partial charge is 0.534 e. The van der Waals surface area contributed by atoms with E-state index in [-0.39, 0.29) is 0 Å². The predicted octanol–water partition coefficient (Wildman–Crippen LogP) is 5.71. The minimum absolute atomic E-state index is 0.913. The lowest BCUT2D eigenvalue weighted by molar-refractivity contribution is -0.840. The molecule has 49 heteroatoms. The van der Waals surface area contributed by atoms with Gasteiger partial charge in [-0.25, -0.2) is 0 Å². The molecule has 0 saturated heterocycles. The van der Waals surface area contributed by atoms with Gasteiger partial charge in [-0.15, -0.1) is 0 Å². The van der Waals surface area contributed by atoms with Crippen molar-refractivity contribution in [2.45, 2.75) is 442 Å². The van der Waals surface area contributed by atoms with E-state index >= 15 is 0 Å². The summed E-state index contributed by atoms with van der Waals surface area (Å²) >= 11 is 0. The Bertz CT molecular complexity index is 4240. The number of hydrogen-bond donors (Lipinski definition) is 0. The Morgan fingerprint density at radius 3 is 0.553 bits per heavy atom. The summed E-state index contributed by atoms with van der Waals surface area (Å²) in [5, 5.41) is 0. The molecule has 18 rings (SSSR count). The maximum atomic E-state index is 8.61. The van der Waals surface area contributed by atoms with Gasteiger partial charge in [0, 0.05) is 7.11 Å². The number of methoxy groups -OCH3 is 1. The zero-order valence-corrected chi connectivity index (χ0v) is 111. The van der Waals surface area contributed by atoms with E-state index in [1.165, 1.54) is 0 Å². The average molecular weight is 2110 g/mol. The molecule has 26 nitrogen and oxygen atoms in total. The van der Waals surface area contributed by atoms with Gasteiger partial charge in [0.15, 0.2) is 307 Å². The molecular weight excluding hydrogens is 1950 g/mol. The van der Waals surface area contributed by atoms with Crippen molar-refractivity contribution < 1.29 is 115 Å². The van der Waals surface area contributed by atoms with Crippen LogP contribution in [0.3, 0.4) is 0 Å². The van der Waals surface area contributed by atoms with Gasteiger partial charge in [0.1, 0.15) is 0 Å². The first-order chi connectivity index (χ1) is 56.3. The Morgan fingerprint density at radius 1 is 0.220 bits per heavy atom. The fraction of sp³-hybridized carbons (Fsp3) is 0.973. The highest BCUT2D eigenvalue weighted by Gasteiger charge is 3.50. The monoisotopic (exact) mass is 2110 g/mol. The molecular formula is C74H162O26Si23. The second kappa shape index (κ2) is 28.2. The third-order valence-corrected chi connectivity index (χ3v) is 54.4. The van der Waals surface area contributed by atoms with Gasteiger partial charge in [0.2, 0.25) is 0 Å². The zero-order valence-electron chi connectivity index (χ0n) is 84.2. The first-order valence-electron chi connectivity index (χ1n) is 47.0. The van der Waals surface area contributed by atoms with E-state index in [1.54, 1.807) is 0 Å². The smallest absolute Gasteiger partial charge is 0.392 e. The van der Waals surface area contributed by atoms with Gasteiger partial charge in [-0.2, -0.15) is 0 Å². The summed E-state index contributed by atoms with van der Waals surface area (Å²) in [6.07, 6.45) is 1.92. The quantitative estimate of drug-likeness (QED) is 0.0663. The molecule has 123 heavy (non-hydrogen) atoms. The molecule has 0 amide bonds. The van der Waals surface area contributed by atoms with Gasteiger partial charge in [-0.1, -0.05) is 92.2 Å². The highest BCUT2D eigenvalue weighted by atomic mass is 28.4. The van der Waals surface area contributed by atoms with Crippen LogP contribution >= 0.6 is 0 Å². The first-order valence-corrected chi connectivity index (χ1v) is 107. The molecule has 0 aromatic carbocycles. The Labute approximate surface area is 776 Å². The van der Waals surface area contributed by atoms with Gasteiger partial charge < -0.3 is 115 Å². The zero-order chi connectivity index (χ0) is 92.4. The average Bonchev–Trinajstić information content (AvgIpc) is 0.499. The summed E-state index contributed by atoms with van der Waals surface area (Å²) in [4.78, 5) is 0. The van der Waals surface area contributed by atoms with Crippen molar-refractivity contribution in [3.8, 4) is 0 Å². The van der Waals surface area contributed by atoms with Crippen LogP contribution in [0.25, 0.3) is 0 Å². The van der Waals surface area contributed by atoms with Crippen LogP contribution in [0.2, 0.25) is 281 Å². The van der Waals surface area contributed by atoms with E-state index in [0.717, 1.165) is 24.9 Å². The molecule has 18 fully saturated rings. The second-order valence-corrected chi connectivity index (χ2v) is 104. The maximum absolute atomic E-state index is 8.61. The van der Waals surface area contributed by atoms with E-state index in [2.05, 4.69) is 282 Å². The molecule has 0 radical (unpaired) electrons. The highest BCUT2D eigenvalue weighted by Crippen LogP contribution is 3.19. The predicted molar refractivity (Wildman–Crippen MR) is 543 cm³/mol. The second-order valence-electron chi connectivity index (χ2n) is 46.5. The fourth-order valence-corrected chi connectivity index (χ4v) is 65.3. The SMILES string of the molecule is CCC[Si](C)(C)OC12C3(O[SiH2]C)C4(O[SiH2]C)C5(O[SiH2]C)C3(O[SiH2]C)C1(O[Si](C)(C)CCC)C5(O[Si](C)(C)O/C=[Si](\C)OC13C5(O[SiH2]C)C6(O[SiH2]C)C7(OC)C5(O[Si](C)(C)C)C1(O[Si](C)(C)O/C=[Si](/C)OC15C8(O[SiH2]C)C9(O[SiH2]C)C1(O[SiH2]C)C1(O[Si](C)(C)C)C9(O[Si](C)(C)C)C8(O[Si](C)(C)C)C51O[Si](C)(C)C)C7(O[Si](C)(C)C)C63O[SiH2]C)C42O[Si](C)(C)C. The fourth-order valence-electron chi connectivity index (χ4n) is 32.3. The summed E-state index contributed by atoms with van der Waals surface area (Å²) in [5.41, 5.74) is -29.0. The van der Waals surface area contributed by atoms with Crippen molar-refractivity contribution >= 4 is 219 Å². The van der Waals surface area contributed by atoms with Crippen LogP contribution in [-0.4, -0.2) is 360 Å². The van der Waals surface area contributed by atoms with Crippen LogP contribution in [0, 0.1) is 0 Å². The topological polar surface area (TPSA) is 240 Å². The van der Waals surface area contributed by atoms with Crippen LogP contribution in [0.15, 0.2) is 0 Å². The summed E-state index contributed by atoms with van der Waals surface area (Å²) in [5.74, 6) is 3.94. The standard InChI is InChI=1S/C74H162O26Si23/c1-45-47-120(37,38)97-70-54(80-103-6)53(79-102-5)56(82-105-8)55(54,81-104-7)71(70,98-121(39,40)48-46-2)72(56,67(53,70)93-116(25,26)27)99-122(41,42)76-49-112(15)89-63-58(84-107-10)52(78-101-4)51(75-3)64(58,90-113(16,17)18)74(63,65(51,91-114(19,20)21)59(52,63)85-108-11)100-123(43,44)77-50-111(14)88-62-60(86-109-12)57(83-106-9)61(62,87-110-13)69(95-118(31,32)33)66(57,92-115(22,23)24)68(60,94-117(28,29)30)73(62,69)96-119(34,35)36/h49-50H,45-48,101-110H2,1-44H3/b111-50-,112-49+. The van der Waals surface area contributed by atoms with Gasteiger partial charge >= 0.3 is 17.1 Å². The van der Waals surface area contributed by atoms with Crippen molar-refractivity contribution in [2.75, 3.05) is 7.11 Å². The van der Waals surface area contributed by atoms with E-state index in [4.69, 9.17) is 115 Å². The van der Waals surface area contributed by atoms with Crippen molar-refractivity contribution in [3.05, 3.63) is 0 Å². The molecule has 0 aromatic rings. The lowest BCUT2D eigenvalue weighted by atomic mass is 8.87. The Hall–Kier alpha value is 3.05. The lowest BCUT2D eigenvalue weighted by Gasteiger charge is -3.24. The molecule has 16 unspecified atom stereocenters. The normalized spacial score (nSPS) is 48.4. The van der Waals surface area contributed by atoms with Gasteiger partial charge in [0.05, 0.1) is 11.7 Å². The van der Waals surface area contributed by atoms with Gasteiger partial charge in [0.25, 0.3) is 17.3 Å². The molecule has 18 aliphatic rings. The molecule has 706 valence electrons. The van der Waals surface area contributed by atoms with Crippen LogP contribution < -0.4 is 0 Å². The minimum Gasteiger partial charge on any atom is -0.534 e. The van der Waals surface area contributed by atoms with Crippen molar-refractivity contribution in [1.29, 1.82) is 0 Å². The Kier molecular flexibility index (Phi) is 23.1. The molecule has 18 aliphatic carbocycles. The van der Waals surface area contributed by atoms with E-state index in [0.29, 0.717) is 0 Å². The van der Waals surface area contributed by atoms with Gasteiger partial charge in [-0.3, -0.25) is 0 Å². The van der Waals surface area contributed by atoms with E-state index in [1.807, 2.05) is 18.8 Å². The molecule has 0 aliphatic heterocycles. The lowest BCUT2D eigenvalue weighted by Crippen LogP contribution is -3.53. The molecule has 0 heterocycles. The summed E-state index contributed by atoms with van der Waals surface area (Å²) < 4.78 is 209. The third-order valence-electron chi connectivity index (χ3n) is 30.0. The summed E-state index contributed by atoms with van der Waals surface area (Å²) in [7, 11) is -46.5. The number of ether oxygens (including phenoxy) is 1. The van der Waals surface area contributed by atoms with Crippen LogP contribution in [0.4, 0.5) is 0 Å². The molecule has 0 spiro atoms. The van der Waals surface area contributed by atoms with E-state index in [9.17, 15) is 0 Å². The molecule has 16 atom stereocenters. The van der Waals surface area contributed by atoms with Crippen molar-refractivity contribution in [1.82, 2.24) is 0 Å². The maximum Gasteiger partial charge on any atom is 0.392 e. The summed E-state index contributed by atoms with van der Waals surface area (Å²) in [6.45, 7) is 96.8. The molecule has 0 aromatic heterocycles. The number of hydrogen-bond acceptors (Lipinski definition) is 26. The number of rotatable bonds is 55. The Morgan fingerprint density at radius 2 is 0.374 bits per heavy atom. The Balaban J connectivity index is 0.880. The third kappa shape index (κ3) is 8.72. The first kappa shape index (κ1) is 100. The van der Waals surface area contributed by atoms with E-state index < -0.39 is 341 Å². The van der Waals surface area contributed by atoms with Crippen LogP contribution in [0.1, 0.15) is 26.7 Å². The van der Waals surface area contributed by atoms with Crippen LogP contribution in [0.5, 0.6) is 0 Å². The van der Waals surface area contributed by atoms with Gasteiger partial charge in [-0.05, 0) is 215 Å². The molecule has 18 saturated carbocycles. The molecule has 0 N–H and O–H groups in total. The van der Waals surface area contributed by atoms with Crippen LogP contribution in [-0.2, 0) is 115 Å². The highest BCUT2D eigenvalue weighted by molar-refractivity contribution is 6.76. The minimum atomic E-state index is -3.72. The van der Waals surface area contributed by atoms with Crippen molar-refractivity contribution in [3.63, 3.8) is 0 Å². The molecule has 0 bridgehead atoms.